The van der Waals surface area contributed by atoms with Crippen LogP contribution in [0, 0.1) is 47.3 Å². The van der Waals surface area contributed by atoms with Gasteiger partial charge in [0, 0.05) is 66.9 Å². The van der Waals surface area contributed by atoms with Gasteiger partial charge in [-0.05, 0) is 79.1 Å². The van der Waals surface area contributed by atoms with Crippen LogP contribution in [0.1, 0.15) is 207 Å². The van der Waals surface area contributed by atoms with Crippen LogP contribution in [-0.4, -0.2) is 248 Å². The summed E-state index contributed by atoms with van der Waals surface area (Å²) in [7, 11) is -19.9. The first-order valence-electron chi connectivity index (χ1n) is 42.8. The molecule has 20 N–H and O–H groups in total. The number of nitrogens with two attached hydrogens (primary N) is 4. The summed E-state index contributed by atoms with van der Waals surface area (Å²) in [5.74, 6) is -15.5. The second kappa shape index (κ2) is 46.0. The Balaban J connectivity index is 0.000000222. The van der Waals surface area contributed by atoms with Crippen LogP contribution >= 0.6 is 68.7 Å². The highest BCUT2D eigenvalue weighted by Crippen LogP contribution is 2.47. The Bertz CT molecular complexity index is 7060. The molecule has 0 bridgehead atoms. The van der Waals surface area contributed by atoms with Gasteiger partial charge >= 0.3 is 41.6 Å². The van der Waals surface area contributed by atoms with E-state index in [4.69, 9.17) is 83.7 Å². The van der Waals surface area contributed by atoms with Gasteiger partial charge in [-0.2, -0.15) is 82.2 Å². The van der Waals surface area contributed by atoms with Gasteiger partial charge in [0.1, 0.15) is 48.5 Å². The van der Waals surface area contributed by atoms with Crippen LogP contribution in [0.2, 0.25) is 8.67 Å². The summed E-state index contributed by atoms with van der Waals surface area (Å²) in [6, 6.07) is 3.76. The van der Waals surface area contributed by atoms with E-state index in [2.05, 4.69) is 62.1 Å². The molecule has 0 radical (unpaired) electrons. The number of nitrogens with zero attached hydrogens (tertiary/aromatic N) is 17. The summed E-state index contributed by atoms with van der Waals surface area (Å²) in [4.78, 5) is 189. The van der Waals surface area contributed by atoms with Gasteiger partial charge in [-0.25, -0.2) is 15.0 Å². The molecule has 71 heteroatoms. The van der Waals surface area contributed by atoms with Crippen molar-refractivity contribution in [3.63, 3.8) is 0 Å². The van der Waals surface area contributed by atoms with Crippen LogP contribution in [0.15, 0.2) is 94.2 Å². The number of aromatic hydroxyl groups is 4. The predicted octanol–water partition coefficient (Wildman–Crippen LogP) is 4.22. The van der Waals surface area contributed by atoms with Gasteiger partial charge < -0.3 is 83.5 Å². The molecule has 0 aliphatic carbocycles. The number of hydroxylamine groups is 8. The standard InChI is InChI=1S/2C20H24ClN5O10S2.C20H25N5O10S2.C19H24N6O10S2/c2*1-8(2)16(10-6-11(27)13(29)7-25(10)31)35-24-14(15-17(21)37-19(22)23-15)12(28)5-9-18(30)26(20(9,3)4)36-38(32,33)34;1-9(2)17(12-6-13(26)15(28)7-24(12)30)34-23-16(11-8-36-19(21)22-11)14(27)5-10-18(29)25(20(10,3)4)35-37(31,32)33;1-8(2)15(10-6-11(26)13(28)7-24(10)30)34-22-14(16-21-18(20)36-23-16)12(27)5-9-17(29)25(19(9,3)4)35-37(31,32)33/h2*6-9,16,29,31H,5H2,1-4H3,(H2,22,23)(H,32,33,34);6-10,17,28,30H,5H2,1-4H3,(H2,21,22)(H,31,32,33);6-9,15,28,30H,5H2,1-4H3,(H2,20,21,23)(H,31,32,33)/b2*24-14+;23-16-;22-14+/t9-,16+;9-,16-;10-,17-;9-,15+/m1111/s1. The van der Waals surface area contributed by atoms with Crippen molar-refractivity contribution < 1.29 is 168 Å². The monoisotopic (exact) mass is 2310 g/mol. The molecule has 61 nitrogen and oxygen atoms in total. The maximum Gasteiger partial charge on any atom is 0.418 e. The van der Waals surface area contributed by atoms with Gasteiger partial charge in [0.25, 0.3) is 23.6 Å². The van der Waals surface area contributed by atoms with Crippen LogP contribution in [0.5, 0.6) is 23.0 Å². The Morgan fingerprint density at radius 2 is 0.627 bits per heavy atom. The number of rotatable bonds is 40. The minimum Gasteiger partial charge on any atom is -0.503 e. The van der Waals surface area contributed by atoms with Gasteiger partial charge in [0.05, 0.1) is 70.6 Å². The molecule has 12 heterocycles. The molecule has 8 atom stereocenters. The molecule has 4 amide bonds. The van der Waals surface area contributed by atoms with Crippen LogP contribution in [-0.2, 0) is 116 Å². The van der Waals surface area contributed by atoms with Gasteiger partial charge in [0.15, 0.2) is 114 Å². The Morgan fingerprint density at radius 1 is 0.387 bits per heavy atom. The summed E-state index contributed by atoms with van der Waals surface area (Å²) in [6.07, 6.45) is -3.21. The van der Waals surface area contributed by atoms with Crippen molar-refractivity contribution in [2.24, 2.45) is 68.0 Å². The fourth-order valence-electron chi connectivity index (χ4n) is 14.6. The SMILES string of the molecule is CC(C)[C@@H](O/N=C(\C(=O)C[C@@H]1C(=O)N(OS(=O)(=O)O)C1(C)C)c1csc(N)n1)c1cc(=O)c(O)cn1O.CC(C)[C@@H](O/N=C(\C(=O)C[C@@H]1C(=O)N(OS(=O)(=O)O)C1(C)C)c1nc(N)sc1Cl)c1cc(=O)c(O)cn1O.CC(C)[C@H](O/N=C(\C(=O)C[C@@H]1C(=O)N(OS(=O)(=O)O)C1(C)C)c1nc(N)sc1Cl)c1cc(=O)c(O)cn1O.CC(C)[C@H](O/N=C(\C(=O)C[C@@H]1C(=O)N(OS(=O)(=O)O)C1(C)C)c1nsc(N)n1)c1cc(=O)c(O)cn1O. The highest BCUT2D eigenvalue weighted by molar-refractivity contribution is 7.81. The van der Waals surface area contributed by atoms with Crippen molar-refractivity contribution in [2.45, 2.75) is 183 Å². The number of carbonyl (C=O) groups is 8. The van der Waals surface area contributed by atoms with E-state index in [9.17, 15) is 132 Å². The Kier molecular flexibility index (Phi) is 36.8. The molecule has 0 aromatic carbocycles. The van der Waals surface area contributed by atoms with Crippen LogP contribution in [0.3, 0.4) is 0 Å². The number of amides is 4. The van der Waals surface area contributed by atoms with E-state index >= 15 is 0 Å². The molecule has 12 rings (SSSR count). The molecule has 4 aliphatic heterocycles. The first kappa shape index (κ1) is 120. The fraction of sp³-hybridized carbons (Fsp3) is 0.456. The third-order valence-electron chi connectivity index (χ3n) is 22.6. The van der Waals surface area contributed by atoms with Crippen molar-refractivity contribution in [2.75, 3.05) is 22.9 Å². The molecule has 8 aromatic heterocycles. The maximum absolute atomic E-state index is 13.4. The zero-order valence-corrected chi connectivity index (χ0v) is 88.7. The number of hydrogen-bond acceptors (Lipinski definition) is 53. The number of aromatic nitrogens is 9. The Labute approximate surface area is 872 Å². The molecule has 4 saturated heterocycles. The van der Waals surface area contributed by atoms with Crippen molar-refractivity contribution in [3.05, 3.63) is 150 Å². The number of thiazole rings is 3. The molecule has 0 saturated carbocycles. The lowest BCUT2D eigenvalue weighted by molar-refractivity contribution is -0.228. The van der Waals surface area contributed by atoms with E-state index in [1.807, 2.05) is 0 Å². The first-order valence-corrected chi connectivity index (χ1v) is 52.3. The second-order valence-corrected chi connectivity index (χ2v) is 45.2. The van der Waals surface area contributed by atoms with Crippen LogP contribution in [0.4, 0.5) is 20.5 Å². The van der Waals surface area contributed by atoms with Crippen molar-refractivity contribution in [1.82, 2.24) is 63.5 Å². The zero-order chi connectivity index (χ0) is 113. The Hall–Kier alpha value is -13.6. The molecular formula is C79H97Cl2N21O40S8. The predicted molar refractivity (Wildman–Crippen MR) is 520 cm³/mol. The summed E-state index contributed by atoms with van der Waals surface area (Å²) >= 11 is 15.8. The second-order valence-electron chi connectivity index (χ2n) is 36.3. The zero-order valence-electron chi connectivity index (χ0n) is 80.7. The van der Waals surface area contributed by atoms with E-state index in [-0.39, 0.29) is 86.5 Å². The summed E-state index contributed by atoms with van der Waals surface area (Å²) < 4.78 is 147. The fourth-order valence-corrected chi connectivity index (χ4v) is 19.3. The largest absolute Gasteiger partial charge is 0.503 e. The number of β-lactam (4-membered cyclic amide) rings is 4. The highest BCUT2D eigenvalue weighted by atomic mass is 35.5. The lowest BCUT2D eigenvalue weighted by Gasteiger charge is -2.50. The normalized spacial score (nSPS) is 18.5. The number of halogens is 2. The number of nitrogen functional groups attached to an aromatic ring is 4. The maximum atomic E-state index is 13.4. The van der Waals surface area contributed by atoms with E-state index < -0.39 is 264 Å². The summed E-state index contributed by atoms with van der Waals surface area (Å²) in [5, 5.41) is 97.8. The number of carbonyl (C=O) groups excluding carboxylic acids is 8. The van der Waals surface area contributed by atoms with E-state index in [1.54, 1.807) is 55.4 Å². The first-order chi connectivity index (χ1) is 68.9. The number of anilines is 4. The van der Waals surface area contributed by atoms with E-state index in [1.165, 1.54) is 60.8 Å². The molecular weight excluding hydrogens is 2210 g/mol. The van der Waals surface area contributed by atoms with Gasteiger partial charge in [-0.3, -0.25) is 75.7 Å². The molecule has 4 aliphatic rings. The molecule has 0 spiro atoms. The highest BCUT2D eigenvalue weighted by Gasteiger charge is 2.62. The average Bonchev–Trinajstić information content (AvgIpc) is 1.20. The smallest absolute Gasteiger partial charge is 0.418 e. The molecule has 150 heavy (non-hydrogen) atoms. The molecule has 4 fully saturated rings. The molecule has 0 unspecified atom stereocenters. The van der Waals surface area contributed by atoms with Crippen LogP contribution < -0.4 is 44.6 Å². The minimum atomic E-state index is -4.99. The lowest BCUT2D eigenvalue weighted by atomic mass is 9.74. The van der Waals surface area contributed by atoms with Gasteiger partial charge in [-0.1, -0.05) is 122 Å². The van der Waals surface area contributed by atoms with Gasteiger partial charge in [-0.15, -0.1) is 28.5 Å². The molecule has 820 valence electrons. The van der Waals surface area contributed by atoms with Gasteiger partial charge in [0.2, 0.25) is 27.5 Å². The third-order valence-corrected chi connectivity index (χ3v) is 27.4. The summed E-state index contributed by atoms with van der Waals surface area (Å²) in [6.45, 7) is 24.8. The minimum absolute atomic E-state index is 0.00131. The quantitative estimate of drug-likeness (QED) is 0.00840. The number of Topliss-reactive ketones (excluding diaryl/α,β-unsaturated/α-hetero) is 4. The van der Waals surface area contributed by atoms with Crippen molar-refractivity contribution in [3.8, 4) is 23.0 Å². The number of hydrogen-bond donors (Lipinski definition) is 16. The van der Waals surface area contributed by atoms with Crippen molar-refractivity contribution >= 4 is 200 Å². The third kappa shape index (κ3) is 28.0. The lowest BCUT2D eigenvalue weighted by Crippen LogP contribution is -2.68. The number of ketones is 4. The van der Waals surface area contributed by atoms with E-state index in [0.29, 0.717) is 39.2 Å². The molecule has 8 aromatic rings. The van der Waals surface area contributed by atoms with E-state index in [0.717, 1.165) is 94.6 Å². The topological polar surface area (TPSA) is 909 Å². The van der Waals surface area contributed by atoms with Crippen LogP contribution in [0.25, 0.3) is 0 Å². The number of oxime groups is 4. The van der Waals surface area contributed by atoms with Crippen molar-refractivity contribution in [1.29, 1.82) is 0 Å². The Morgan fingerprint density at radius 3 is 0.833 bits per heavy atom. The number of pyridine rings is 4. The average molecular weight is 2310 g/mol. The summed E-state index contributed by atoms with van der Waals surface area (Å²) in [5.41, 5.74) is 12.2.